The fourth-order valence-corrected chi connectivity index (χ4v) is 3.68. The Bertz CT molecular complexity index is 849. The van der Waals surface area contributed by atoms with Crippen LogP contribution in [0, 0.1) is 11.7 Å². The summed E-state index contributed by atoms with van der Waals surface area (Å²) in [4.78, 5) is 14.8. The van der Waals surface area contributed by atoms with Crippen LogP contribution in [0.5, 0.6) is 0 Å². The van der Waals surface area contributed by atoms with Gasteiger partial charge in [0.05, 0.1) is 11.1 Å². The largest absolute Gasteiger partial charge is 0.416 e. The maximum Gasteiger partial charge on any atom is 0.416 e. The molecule has 0 aliphatic carbocycles. The fraction of sp³-hybridized carbons (Fsp3) is 0.381. The van der Waals surface area contributed by atoms with Gasteiger partial charge in [0, 0.05) is 13.1 Å². The average Bonchev–Trinajstić information content (AvgIpc) is 2.67. The molecule has 1 fully saturated rings. The molecular weight excluding hydrogens is 372 g/mol. The predicted octanol–water partition coefficient (Wildman–Crippen LogP) is 4.58. The summed E-state index contributed by atoms with van der Waals surface area (Å²) in [6, 6.07) is 8.39. The molecule has 1 saturated heterocycles. The van der Waals surface area contributed by atoms with Crippen LogP contribution in [0.1, 0.15) is 28.8 Å². The molecular formula is C21H22F4N2O. The lowest BCUT2D eigenvalue weighted by atomic mass is 9.94. The number of carbonyl (C=O) groups excluding carboxylic acids is 1. The summed E-state index contributed by atoms with van der Waals surface area (Å²) in [7, 11) is 1.85. The standard InChI is InChI=1S/C21H22F4N2O/c1-26-12-14-4-3-9-27(13-14)20(28)19-11-17(22)7-8-18(19)15-5-2-6-16(10-15)21(23,24)25/h2,5-8,10-11,14,26H,3-4,9,12-13H2,1H3. The van der Waals surface area contributed by atoms with Crippen molar-refractivity contribution in [1.82, 2.24) is 10.2 Å². The Morgan fingerprint density at radius 3 is 2.71 bits per heavy atom. The highest BCUT2D eigenvalue weighted by atomic mass is 19.4. The van der Waals surface area contributed by atoms with E-state index in [1.54, 1.807) is 4.90 Å². The van der Waals surface area contributed by atoms with Crippen LogP contribution in [0.15, 0.2) is 42.5 Å². The van der Waals surface area contributed by atoms with E-state index >= 15 is 0 Å². The van der Waals surface area contributed by atoms with Gasteiger partial charge in [0.1, 0.15) is 5.82 Å². The lowest BCUT2D eigenvalue weighted by Crippen LogP contribution is -2.42. The Labute approximate surface area is 161 Å². The van der Waals surface area contributed by atoms with Crippen molar-refractivity contribution < 1.29 is 22.4 Å². The molecule has 1 amide bonds. The molecule has 1 heterocycles. The van der Waals surface area contributed by atoms with Crippen molar-refractivity contribution in [2.24, 2.45) is 5.92 Å². The number of carbonyl (C=O) groups is 1. The van der Waals surface area contributed by atoms with Crippen molar-refractivity contribution in [2.45, 2.75) is 19.0 Å². The number of nitrogens with one attached hydrogen (secondary N) is 1. The maximum absolute atomic E-state index is 13.9. The first-order chi connectivity index (χ1) is 13.3. The van der Waals surface area contributed by atoms with Crippen LogP contribution in [0.25, 0.3) is 11.1 Å². The minimum atomic E-state index is -4.49. The van der Waals surface area contributed by atoms with Gasteiger partial charge in [-0.25, -0.2) is 4.39 Å². The molecule has 1 aliphatic rings. The van der Waals surface area contributed by atoms with E-state index in [1.165, 1.54) is 18.2 Å². The van der Waals surface area contributed by atoms with Crippen LogP contribution in [0.3, 0.4) is 0 Å². The number of alkyl halides is 3. The summed E-state index contributed by atoms with van der Waals surface area (Å²) < 4.78 is 53.1. The number of halogens is 4. The Balaban J connectivity index is 1.96. The zero-order valence-corrected chi connectivity index (χ0v) is 15.5. The number of rotatable bonds is 4. The van der Waals surface area contributed by atoms with E-state index in [9.17, 15) is 22.4 Å². The summed E-state index contributed by atoms with van der Waals surface area (Å²) >= 11 is 0. The van der Waals surface area contributed by atoms with Crippen molar-refractivity contribution in [3.8, 4) is 11.1 Å². The minimum Gasteiger partial charge on any atom is -0.338 e. The molecule has 0 bridgehead atoms. The molecule has 28 heavy (non-hydrogen) atoms. The van der Waals surface area contributed by atoms with Crippen LogP contribution in [-0.2, 0) is 6.18 Å². The SMILES string of the molecule is CNCC1CCCN(C(=O)c2cc(F)ccc2-c2cccc(C(F)(F)F)c2)C1. The molecule has 1 unspecified atom stereocenters. The first-order valence-electron chi connectivity index (χ1n) is 9.20. The van der Waals surface area contributed by atoms with E-state index in [2.05, 4.69) is 5.32 Å². The highest BCUT2D eigenvalue weighted by Crippen LogP contribution is 2.34. The summed E-state index contributed by atoms with van der Waals surface area (Å²) in [6.07, 6.45) is -2.66. The van der Waals surface area contributed by atoms with Crippen molar-refractivity contribution in [1.29, 1.82) is 0 Å². The molecule has 3 nitrogen and oxygen atoms in total. The van der Waals surface area contributed by atoms with Crippen LogP contribution in [0.4, 0.5) is 17.6 Å². The number of piperidine rings is 1. The number of amides is 1. The van der Waals surface area contributed by atoms with Crippen molar-refractivity contribution in [3.05, 3.63) is 59.4 Å². The Morgan fingerprint density at radius 2 is 2.00 bits per heavy atom. The van der Waals surface area contributed by atoms with Gasteiger partial charge in [0.15, 0.2) is 0 Å². The molecule has 0 saturated carbocycles. The van der Waals surface area contributed by atoms with Crippen LogP contribution < -0.4 is 5.32 Å². The summed E-state index contributed by atoms with van der Waals surface area (Å²) in [5.41, 5.74) is -0.181. The zero-order chi connectivity index (χ0) is 20.3. The van der Waals surface area contributed by atoms with E-state index in [4.69, 9.17) is 0 Å². The Morgan fingerprint density at radius 1 is 1.21 bits per heavy atom. The maximum atomic E-state index is 13.9. The third-order valence-corrected chi connectivity index (χ3v) is 5.01. The topological polar surface area (TPSA) is 32.3 Å². The van der Waals surface area contributed by atoms with Gasteiger partial charge in [-0.15, -0.1) is 0 Å². The molecule has 2 aromatic carbocycles. The van der Waals surface area contributed by atoms with Crippen LogP contribution in [0.2, 0.25) is 0 Å². The number of likely N-dealkylation sites (tertiary alicyclic amines) is 1. The third-order valence-electron chi connectivity index (χ3n) is 5.01. The van der Waals surface area contributed by atoms with Gasteiger partial charge in [-0.05, 0) is 67.7 Å². The highest BCUT2D eigenvalue weighted by molar-refractivity contribution is 6.01. The number of hydrogen-bond donors (Lipinski definition) is 1. The van der Waals surface area contributed by atoms with Crippen LogP contribution in [-0.4, -0.2) is 37.5 Å². The average molecular weight is 394 g/mol. The molecule has 1 N–H and O–H groups in total. The molecule has 0 spiro atoms. The zero-order valence-electron chi connectivity index (χ0n) is 15.5. The van der Waals surface area contributed by atoms with Gasteiger partial charge in [-0.2, -0.15) is 13.2 Å². The second-order valence-electron chi connectivity index (χ2n) is 7.09. The molecule has 1 atom stereocenters. The predicted molar refractivity (Wildman–Crippen MR) is 99.4 cm³/mol. The number of hydrogen-bond acceptors (Lipinski definition) is 2. The summed E-state index contributed by atoms with van der Waals surface area (Å²) in [5.74, 6) is -0.649. The molecule has 3 rings (SSSR count). The molecule has 1 aliphatic heterocycles. The van der Waals surface area contributed by atoms with Gasteiger partial charge in [0.2, 0.25) is 0 Å². The Hall–Kier alpha value is -2.41. The first kappa shape index (κ1) is 20.3. The quantitative estimate of drug-likeness (QED) is 0.770. The number of nitrogens with zero attached hydrogens (tertiary/aromatic N) is 1. The van der Waals surface area contributed by atoms with Gasteiger partial charge >= 0.3 is 6.18 Å². The van der Waals surface area contributed by atoms with Crippen molar-refractivity contribution >= 4 is 5.91 Å². The lowest BCUT2D eigenvalue weighted by Gasteiger charge is -2.33. The lowest BCUT2D eigenvalue weighted by molar-refractivity contribution is -0.137. The van der Waals surface area contributed by atoms with Gasteiger partial charge < -0.3 is 10.2 Å². The molecule has 2 aromatic rings. The van der Waals surface area contributed by atoms with Crippen molar-refractivity contribution in [2.75, 3.05) is 26.7 Å². The fourth-order valence-electron chi connectivity index (χ4n) is 3.68. The molecule has 150 valence electrons. The van der Waals surface area contributed by atoms with E-state index in [-0.39, 0.29) is 17.0 Å². The molecule has 0 aromatic heterocycles. The first-order valence-corrected chi connectivity index (χ1v) is 9.20. The van der Waals surface area contributed by atoms with Gasteiger partial charge in [0.25, 0.3) is 5.91 Å². The number of benzene rings is 2. The van der Waals surface area contributed by atoms with Gasteiger partial charge in [-0.3, -0.25) is 4.79 Å². The second kappa shape index (κ2) is 8.31. The summed E-state index contributed by atoms with van der Waals surface area (Å²) in [6.45, 7) is 1.86. The smallest absolute Gasteiger partial charge is 0.338 e. The second-order valence-corrected chi connectivity index (χ2v) is 7.09. The van der Waals surface area contributed by atoms with E-state index in [0.29, 0.717) is 24.6 Å². The monoisotopic (exact) mass is 394 g/mol. The Kier molecular flexibility index (Phi) is 6.03. The van der Waals surface area contributed by atoms with Gasteiger partial charge in [-0.1, -0.05) is 18.2 Å². The minimum absolute atomic E-state index is 0.0874. The van der Waals surface area contributed by atoms with E-state index < -0.39 is 17.6 Å². The van der Waals surface area contributed by atoms with Crippen LogP contribution >= 0.6 is 0 Å². The third kappa shape index (κ3) is 4.52. The van der Waals surface area contributed by atoms with E-state index in [1.807, 2.05) is 7.05 Å². The van der Waals surface area contributed by atoms with Crippen molar-refractivity contribution in [3.63, 3.8) is 0 Å². The van der Waals surface area contributed by atoms with E-state index in [0.717, 1.165) is 43.7 Å². The highest BCUT2D eigenvalue weighted by Gasteiger charge is 2.31. The summed E-state index contributed by atoms with van der Waals surface area (Å²) in [5, 5.41) is 3.10. The normalized spacial score (nSPS) is 17.6. The molecule has 7 heteroatoms. The molecule has 0 radical (unpaired) electrons.